The molecule has 0 aliphatic heterocycles. The smallest absolute Gasteiger partial charge is 0.284 e. The molecule has 0 bridgehead atoms. The van der Waals surface area contributed by atoms with Gasteiger partial charge < -0.3 is 5.11 Å². The Labute approximate surface area is 77.4 Å². The number of hydrogen-bond donors (Lipinski definition) is 1. The van der Waals surface area contributed by atoms with E-state index in [4.69, 9.17) is 10.4 Å². The standard InChI is InChI=1S/C8H4F2N2O2/c9-8(10)6-7(14)4(2-11)1-5(3-13)12-6/h1,3,8,14H. The zero-order chi connectivity index (χ0) is 10.7. The third-order valence-electron chi connectivity index (χ3n) is 1.49. The third-order valence-corrected chi connectivity index (χ3v) is 1.49. The second kappa shape index (κ2) is 3.79. The van der Waals surface area contributed by atoms with Gasteiger partial charge in [-0.1, -0.05) is 0 Å². The van der Waals surface area contributed by atoms with Crippen LogP contribution in [-0.4, -0.2) is 16.4 Å². The molecule has 0 unspecified atom stereocenters. The number of nitriles is 1. The molecule has 0 aromatic carbocycles. The molecule has 14 heavy (non-hydrogen) atoms. The van der Waals surface area contributed by atoms with E-state index in [1.165, 1.54) is 6.07 Å². The minimum atomic E-state index is -3.03. The zero-order valence-electron chi connectivity index (χ0n) is 6.74. The van der Waals surface area contributed by atoms with Gasteiger partial charge in [-0.25, -0.2) is 13.8 Å². The first-order chi connectivity index (χ1) is 6.60. The van der Waals surface area contributed by atoms with E-state index in [0.29, 0.717) is 0 Å². The topological polar surface area (TPSA) is 74.0 Å². The van der Waals surface area contributed by atoms with Crippen LogP contribution in [0.5, 0.6) is 5.75 Å². The molecule has 0 spiro atoms. The number of nitrogens with zero attached hydrogens (tertiary/aromatic N) is 2. The predicted octanol–water partition coefficient (Wildman–Crippen LogP) is 1.41. The number of carbonyl (C=O) groups is 1. The quantitative estimate of drug-likeness (QED) is 0.729. The number of rotatable bonds is 2. The lowest BCUT2D eigenvalue weighted by atomic mass is 10.2. The molecule has 1 aromatic rings. The van der Waals surface area contributed by atoms with Gasteiger partial charge in [0.05, 0.1) is 5.56 Å². The number of aromatic hydroxyl groups is 1. The van der Waals surface area contributed by atoms with Crippen LogP contribution < -0.4 is 0 Å². The Balaban J connectivity index is 3.43. The maximum atomic E-state index is 12.2. The second-order valence-electron chi connectivity index (χ2n) is 2.36. The summed E-state index contributed by atoms with van der Waals surface area (Å²) in [5.74, 6) is -0.881. The number of aromatic nitrogens is 1. The summed E-state index contributed by atoms with van der Waals surface area (Å²) in [5.41, 5.74) is -1.65. The first-order valence-electron chi connectivity index (χ1n) is 3.47. The van der Waals surface area contributed by atoms with Gasteiger partial charge in [-0.05, 0) is 6.07 Å². The van der Waals surface area contributed by atoms with Gasteiger partial charge in [0.15, 0.2) is 17.7 Å². The summed E-state index contributed by atoms with van der Waals surface area (Å²) in [6, 6.07) is 2.42. The van der Waals surface area contributed by atoms with Crippen LogP contribution >= 0.6 is 0 Å². The number of aldehydes is 1. The number of halogens is 2. The van der Waals surface area contributed by atoms with E-state index >= 15 is 0 Å². The van der Waals surface area contributed by atoms with Crippen molar-refractivity contribution < 1.29 is 18.7 Å². The average Bonchev–Trinajstić information content (AvgIpc) is 2.17. The molecule has 0 fully saturated rings. The molecule has 0 saturated carbocycles. The molecule has 4 nitrogen and oxygen atoms in total. The normalized spacial score (nSPS) is 9.86. The Morgan fingerprint density at radius 3 is 2.71 bits per heavy atom. The van der Waals surface area contributed by atoms with Crippen molar-refractivity contribution in [2.45, 2.75) is 6.43 Å². The Hall–Kier alpha value is -2.03. The average molecular weight is 198 g/mol. The predicted molar refractivity (Wildman–Crippen MR) is 41.0 cm³/mol. The van der Waals surface area contributed by atoms with Gasteiger partial charge in [0.2, 0.25) is 0 Å². The van der Waals surface area contributed by atoms with Crippen LogP contribution in [0.1, 0.15) is 28.2 Å². The summed E-state index contributed by atoms with van der Waals surface area (Å²) in [5, 5.41) is 17.5. The minimum absolute atomic E-state index is 0.228. The van der Waals surface area contributed by atoms with Crippen LogP contribution in [0, 0.1) is 11.3 Å². The van der Waals surface area contributed by atoms with E-state index in [2.05, 4.69) is 4.98 Å². The minimum Gasteiger partial charge on any atom is -0.505 e. The maximum Gasteiger partial charge on any atom is 0.284 e. The number of hydrogen-bond acceptors (Lipinski definition) is 4. The van der Waals surface area contributed by atoms with Gasteiger partial charge in [0, 0.05) is 0 Å². The first-order valence-corrected chi connectivity index (χ1v) is 3.47. The highest BCUT2D eigenvalue weighted by molar-refractivity contribution is 5.73. The number of pyridine rings is 1. The fraction of sp³-hybridized carbons (Fsp3) is 0.125. The molecule has 0 aliphatic carbocycles. The van der Waals surface area contributed by atoms with Gasteiger partial charge in [0.1, 0.15) is 11.8 Å². The van der Waals surface area contributed by atoms with E-state index in [-0.39, 0.29) is 12.0 Å². The summed E-state index contributed by atoms with van der Waals surface area (Å²) < 4.78 is 24.4. The Kier molecular flexibility index (Phi) is 2.72. The zero-order valence-corrected chi connectivity index (χ0v) is 6.74. The Morgan fingerprint density at radius 2 is 2.29 bits per heavy atom. The highest BCUT2D eigenvalue weighted by atomic mass is 19.3. The van der Waals surface area contributed by atoms with Crippen LogP contribution in [0.2, 0.25) is 0 Å². The highest BCUT2D eigenvalue weighted by Crippen LogP contribution is 2.29. The van der Waals surface area contributed by atoms with Crippen LogP contribution in [0.3, 0.4) is 0 Å². The van der Waals surface area contributed by atoms with Crippen LogP contribution in [0.4, 0.5) is 8.78 Å². The molecule has 1 rings (SSSR count). The summed E-state index contributed by atoms with van der Waals surface area (Å²) in [6.45, 7) is 0. The molecular formula is C8H4F2N2O2. The monoisotopic (exact) mass is 198 g/mol. The van der Waals surface area contributed by atoms with Crippen molar-refractivity contribution in [1.29, 1.82) is 5.26 Å². The van der Waals surface area contributed by atoms with Crippen molar-refractivity contribution in [2.24, 2.45) is 0 Å². The molecule has 0 radical (unpaired) electrons. The Bertz CT molecular complexity index is 413. The van der Waals surface area contributed by atoms with Gasteiger partial charge in [-0.15, -0.1) is 0 Å². The van der Waals surface area contributed by atoms with Gasteiger partial charge >= 0.3 is 0 Å². The SMILES string of the molecule is N#Cc1cc(C=O)nc(C(F)F)c1O. The van der Waals surface area contributed by atoms with Gasteiger partial charge in [-0.3, -0.25) is 4.79 Å². The molecule has 1 N–H and O–H groups in total. The molecule has 0 atom stereocenters. The summed E-state index contributed by atoms with van der Waals surface area (Å²) in [6.07, 6.45) is -2.80. The molecule has 1 aromatic heterocycles. The molecular weight excluding hydrogens is 194 g/mol. The summed E-state index contributed by atoms with van der Waals surface area (Å²) in [7, 11) is 0. The number of carbonyl (C=O) groups excluding carboxylic acids is 1. The van der Waals surface area contributed by atoms with Gasteiger partial charge in [0.25, 0.3) is 6.43 Å². The van der Waals surface area contributed by atoms with Crippen molar-refractivity contribution in [2.75, 3.05) is 0 Å². The van der Waals surface area contributed by atoms with E-state index < -0.39 is 23.4 Å². The van der Waals surface area contributed by atoms with Gasteiger partial charge in [-0.2, -0.15) is 5.26 Å². The van der Waals surface area contributed by atoms with Crippen LogP contribution in [0.25, 0.3) is 0 Å². The van der Waals surface area contributed by atoms with Crippen LogP contribution in [-0.2, 0) is 0 Å². The van der Waals surface area contributed by atoms with E-state index in [1.54, 1.807) is 0 Å². The second-order valence-corrected chi connectivity index (χ2v) is 2.36. The van der Waals surface area contributed by atoms with Crippen molar-refractivity contribution in [1.82, 2.24) is 4.98 Å². The Morgan fingerprint density at radius 1 is 1.64 bits per heavy atom. The number of alkyl halides is 2. The third kappa shape index (κ3) is 1.66. The summed E-state index contributed by atoms with van der Waals surface area (Å²) in [4.78, 5) is 13.4. The molecule has 6 heteroatoms. The fourth-order valence-corrected chi connectivity index (χ4v) is 0.876. The lowest BCUT2D eigenvalue weighted by Gasteiger charge is -2.04. The van der Waals surface area contributed by atoms with Crippen LogP contribution in [0.15, 0.2) is 6.07 Å². The van der Waals surface area contributed by atoms with E-state index in [0.717, 1.165) is 6.07 Å². The highest BCUT2D eigenvalue weighted by Gasteiger charge is 2.19. The van der Waals surface area contributed by atoms with Crippen molar-refractivity contribution in [3.63, 3.8) is 0 Å². The van der Waals surface area contributed by atoms with E-state index in [9.17, 15) is 13.6 Å². The molecule has 1 heterocycles. The molecule has 0 aliphatic rings. The van der Waals surface area contributed by atoms with Crippen molar-refractivity contribution in [3.8, 4) is 11.8 Å². The fourth-order valence-electron chi connectivity index (χ4n) is 0.876. The van der Waals surface area contributed by atoms with E-state index in [1.807, 2.05) is 0 Å². The van der Waals surface area contributed by atoms with Crippen molar-refractivity contribution >= 4 is 6.29 Å². The lowest BCUT2D eigenvalue weighted by Crippen LogP contribution is -1.98. The molecule has 72 valence electrons. The molecule has 0 amide bonds. The van der Waals surface area contributed by atoms with Crippen molar-refractivity contribution in [3.05, 3.63) is 23.0 Å². The first kappa shape index (κ1) is 10.1. The summed E-state index contributed by atoms with van der Waals surface area (Å²) >= 11 is 0. The molecule has 0 saturated heterocycles. The largest absolute Gasteiger partial charge is 0.505 e. The maximum absolute atomic E-state index is 12.2. The lowest BCUT2D eigenvalue weighted by molar-refractivity contribution is 0.111.